The molecule has 3 heteroatoms. The zero-order valence-electron chi connectivity index (χ0n) is 9.98. The Kier molecular flexibility index (Phi) is 3.57. The van der Waals surface area contributed by atoms with Gasteiger partial charge in [0, 0.05) is 12.6 Å². The fourth-order valence-electron chi connectivity index (χ4n) is 1.83. The Hall–Kier alpha value is -1.35. The van der Waals surface area contributed by atoms with Crippen molar-refractivity contribution in [1.29, 1.82) is 0 Å². The van der Waals surface area contributed by atoms with Gasteiger partial charge in [0.2, 0.25) is 0 Å². The highest BCUT2D eigenvalue weighted by Gasteiger charge is 2.00. The molecular weight excluding hydrogens is 198 g/mol. The molecule has 1 aromatic heterocycles. The average Bonchev–Trinajstić information content (AvgIpc) is 2.68. The second-order valence-electron chi connectivity index (χ2n) is 4.39. The predicted molar refractivity (Wildman–Crippen MR) is 67.5 cm³/mol. The van der Waals surface area contributed by atoms with E-state index in [1.54, 1.807) is 0 Å². The lowest BCUT2D eigenvalue weighted by Crippen LogP contribution is -2.24. The molecule has 0 unspecified atom stereocenters. The SMILES string of the molecule is CC(C)NCCCn1cnc2ccccc21. The van der Waals surface area contributed by atoms with Crippen molar-refractivity contribution in [3.8, 4) is 0 Å². The summed E-state index contributed by atoms with van der Waals surface area (Å²) in [6.07, 6.45) is 3.07. The molecule has 0 radical (unpaired) electrons. The molecule has 1 heterocycles. The van der Waals surface area contributed by atoms with Gasteiger partial charge in [-0.15, -0.1) is 0 Å². The van der Waals surface area contributed by atoms with Crippen LogP contribution in [0.1, 0.15) is 20.3 Å². The fraction of sp³-hybridized carbons (Fsp3) is 0.462. The summed E-state index contributed by atoms with van der Waals surface area (Å²) in [5.41, 5.74) is 2.31. The lowest BCUT2D eigenvalue weighted by molar-refractivity contribution is 0.540. The maximum absolute atomic E-state index is 4.38. The molecule has 2 rings (SSSR count). The Morgan fingerprint density at radius 1 is 1.31 bits per heavy atom. The van der Waals surface area contributed by atoms with Crippen LogP contribution in [-0.4, -0.2) is 22.1 Å². The van der Waals surface area contributed by atoms with E-state index in [0.717, 1.165) is 25.0 Å². The van der Waals surface area contributed by atoms with E-state index >= 15 is 0 Å². The summed E-state index contributed by atoms with van der Waals surface area (Å²) in [7, 11) is 0. The van der Waals surface area contributed by atoms with Gasteiger partial charge in [-0.3, -0.25) is 0 Å². The summed E-state index contributed by atoms with van der Waals surface area (Å²) in [5, 5.41) is 3.42. The third-order valence-electron chi connectivity index (χ3n) is 2.66. The van der Waals surface area contributed by atoms with E-state index in [1.165, 1.54) is 5.52 Å². The molecule has 0 atom stereocenters. The number of benzene rings is 1. The first-order chi connectivity index (χ1) is 7.77. The molecule has 86 valence electrons. The first-order valence-corrected chi connectivity index (χ1v) is 5.90. The van der Waals surface area contributed by atoms with Crippen LogP contribution in [0.25, 0.3) is 11.0 Å². The van der Waals surface area contributed by atoms with Crippen LogP contribution < -0.4 is 5.32 Å². The summed E-state index contributed by atoms with van der Waals surface area (Å²) in [6.45, 7) is 6.43. The normalized spacial score (nSPS) is 11.4. The highest BCUT2D eigenvalue weighted by molar-refractivity contribution is 5.74. The molecule has 0 bridgehead atoms. The van der Waals surface area contributed by atoms with Gasteiger partial charge in [0.1, 0.15) is 0 Å². The zero-order valence-corrected chi connectivity index (χ0v) is 9.98. The second kappa shape index (κ2) is 5.12. The quantitative estimate of drug-likeness (QED) is 0.779. The molecule has 0 saturated carbocycles. The molecule has 16 heavy (non-hydrogen) atoms. The van der Waals surface area contributed by atoms with Crippen LogP contribution in [0, 0.1) is 0 Å². The smallest absolute Gasteiger partial charge is 0.0958 e. The maximum atomic E-state index is 4.38. The number of aromatic nitrogens is 2. The van der Waals surface area contributed by atoms with Gasteiger partial charge >= 0.3 is 0 Å². The minimum absolute atomic E-state index is 0.569. The number of hydrogen-bond donors (Lipinski definition) is 1. The first-order valence-electron chi connectivity index (χ1n) is 5.90. The second-order valence-corrected chi connectivity index (χ2v) is 4.39. The van der Waals surface area contributed by atoms with Crippen LogP contribution in [0.3, 0.4) is 0 Å². The largest absolute Gasteiger partial charge is 0.331 e. The van der Waals surface area contributed by atoms with Gasteiger partial charge in [-0.1, -0.05) is 26.0 Å². The maximum Gasteiger partial charge on any atom is 0.0958 e. The average molecular weight is 217 g/mol. The predicted octanol–water partition coefficient (Wildman–Crippen LogP) is 2.42. The molecule has 3 nitrogen and oxygen atoms in total. The van der Waals surface area contributed by atoms with E-state index < -0.39 is 0 Å². The van der Waals surface area contributed by atoms with E-state index in [1.807, 2.05) is 12.4 Å². The molecule has 0 aliphatic carbocycles. The molecule has 0 saturated heterocycles. The molecule has 0 aliphatic heterocycles. The topological polar surface area (TPSA) is 29.9 Å². The van der Waals surface area contributed by atoms with Crippen molar-refractivity contribution in [2.24, 2.45) is 0 Å². The van der Waals surface area contributed by atoms with Crippen molar-refractivity contribution in [1.82, 2.24) is 14.9 Å². The van der Waals surface area contributed by atoms with Crippen molar-refractivity contribution < 1.29 is 0 Å². The van der Waals surface area contributed by atoms with Crippen LogP contribution in [0.2, 0.25) is 0 Å². The van der Waals surface area contributed by atoms with Gasteiger partial charge < -0.3 is 9.88 Å². The lowest BCUT2D eigenvalue weighted by atomic mass is 10.3. The molecule has 1 aromatic carbocycles. The summed E-state index contributed by atoms with van der Waals surface area (Å²) in [5.74, 6) is 0. The number of nitrogens with one attached hydrogen (secondary N) is 1. The van der Waals surface area contributed by atoms with Crippen molar-refractivity contribution in [3.05, 3.63) is 30.6 Å². The van der Waals surface area contributed by atoms with E-state index in [4.69, 9.17) is 0 Å². The van der Waals surface area contributed by atoms with Gasteiger partial charge in [-0.25, -0.2) is 4.98 Å². The Bertz CT molecular complexity index is 445. The third kappa shape index (κ3) is 2.61. The summed E-state index contributed by atoms with van der Waals surface area (Å²) >= 11 is 0. The highest BCUT2D eigenvalue weighted by Crippen LogP contribution is 2.11. The Morgan fingerprint density at radius 2 is 2.12 bits per heavy atom. The zero-order chi connectivity index (χ0) is 11.4. The first kappa shape index (κ1) is 11.1. The molecular formula is C13H19N3. The summed E-state index contributed by atoms with van der Waals surface area (Å²) in [6, 6.07) is 8.84. The van der Waals surface area contributed by atoms with Crippen LogP contribution in [0.4, 0.5) is 0 Å². The van der Waals surface area contributed by atoms with E-state index in [2.05, 4.69) is 46.9 Å². The Morgan fingerprint density at radius 3 is 2.94 bits per heavy atom. The van der Waals surface area contributed by atoms with Crippen molar-refractivity contribution in [2.45, 2.75) is 32.9 Å². The van der Waals surface area contributed by atoms with Crippen molar-refractivity contribution in [3.63, 3.8) is 0 Å². The number of hydrogen-bond acceptors (Lipinski definition) is 2. The minimum Gasteiger partial charge on any atom is -0.331 e. The standard InChI is InChI=1S/C13H19N3/c1-11(2)14-8-5-9-16-10-15-12-6-3-4-7-13(12)16/h3-4,6-7,10-11,14H,5,8-9H2,1-2H3. The summed E-state index contributed by atoms with van der Waals surface area (Å²) in [4.78, 5) is 4.38. The van der Waals surface area contributed by atoms with Gasteiger partial charge in [0.05, 0.1) is 17.4 Å². The van der Waals surface area contributed by atoms with Crippen LogP contribution in [0.5, 0.6) is 0 Å². The molecule has 1 N–H and O–H groups in total. The Labute approximate surface area is 96.5 Å². The molecule has 2 aromatic rings. The van der Waals surface area contributed by atoms with Crippen molar-refractivity contribution in [2.75, 3.05) is 6.54 Å². The number of aryl methyl sites for hydroxylation is 1. The van der Waals surface area contributed by atoms with Gasteiger partial charge in [-0.2, -0.15) is 0 Å². The number of nitrogens with zero attached hydrogens (tertiary/aromatic N) is 2. The monoisotopic (exact) mass is 217 g/mol. The summed E-state index contributed by atoms with van der Waals surface area (Å²) < 4.78 is 2.22. The molecule has 0 amide bonds. The lowest BCUT2D eigenvalue weighted by Gasteiger charge is -2.08. The number of imidazole rings is 1. The molecule has 0 fully saturated rings. The van der Waals surface area contributed by atoms with Crippen LogP contribution in [-0.2, 0) is 6.54 Å². The van der Waals surface area contributed by atoms with Crippen molar-refractivity contribution >= 4 is 11.0 Å². The van der Waals surface area contributed by atoms with Gasteiger partial charge in [0.25, 0.3) is 0 Å². The van der Waals surface area contributed by atoms with Crippen LogP contribution >= 0.6 is 0 Å². The number of para-hydroxylation sites is 2. The Balaban J connectivity index is 1.94. The van der Waals surface area contributed by atoms with E-state index in [-0.39, 0.29) is 0 Å². The van der Waals surface area contributed by atoms with E-state index in [9.17, 15) is 0 Å². The highest BCUT2D eigenvalue weighted by atomic mass is 15.0. The fourth-order valence-corrected chi connectivity index (χ4v) is 1.83. The van der Waals surface area contributed by atoms with Gasteiger partial charge in [0.15, 0.2) is 0 Å². The van der Waals surface area contributed by atoms with Crippen LogP contribution in [0.15, 0.2) is 30.6 Å². The number of rotatable bonds is 5. The van der Waals surface area contributed by atoms with Gasteiger partial charge in [-0.05, 0) is 25.1 Å². The minimum atomic E-state index is 0.569. The molecule has 0 spiro atoms. The molecule has 0 aliphatic rings. The third-order valence-corrected chi connectivity index (χ3v) is 2.66. The van der Waals surface area contributed by atoms with E-state index in [0.29, 0.717) is 6.04 Å². The number of fused-ring (bicyclic) bond motifs is 1.